The molecule has 6 N–H and O–H groups in total. The van der Waals surface area contributed by atoms with Crippen molar-refractivity contribution in [1.29, 1.82) is 0 Å². The Balaban J connectivity index is 1.58. The Labute approximate surface area is 185 Å². The second kappa shape index (κ2) is 10.8. The van der Waals surface area contributed by atoms with Gasteiger partial charge in [-0.15, -0.1) is 0 Å². The lowest BCUT2D eigenvalue weighted by atomic mass is 9.82. The summed E-state index contributed by atoms with van der Waals surface area (Å²) in [5.74, 6) is -1.16. The van der Waals surface area contributed by atoms with E-state index in [1.54, 1.807) is 31.2 Å². The molecule has 0 unspecified atom stereocenters. The quantitative estimate of drug-likeness (QED) is 0.221. The minimum absolute atomic E-state index is 0.246. The van der Waals surface area contributed by atoms with Crippen molar-refractivity contribution in [3.05, 3.63) is 42.0 Å². The molecule has 0 amide bonds. The highest BCUT2D eigenvalue weighted by molar-refractivity contribution is 5.87. The van der Waals surface area contributed by atoms with Crippen molar-refractivity contribution < 1.29 is 49.6 Å². The van der Waals surface area contributed by atoms with Gasteiger partial charge in [0.05, 0.1) is 18.8 Å². The Bertz CT molecular complexity index is 771. The van der Waals surface area contributed by atoms with Crippen LogP contribution in [0, 0.1) is 5.92 Å². The van der Waals surface area contributed by atoms with Crippen molar-refractivity contribution in [2.75, 3.05) is 6.61 Å². The van der Waals surface area contributed by atoms with Crippen LogP contribution in [0.1, 0.15) is 18.9 Å². The molecule has 178 valence electrons. The molecule has 1 aromatic rings. The monoisotopic (exact) mass is 454 g/mol. The molecule has 32 heavy (non-hydrogen) atoms. The van der Waals surface area contributed by atoms with E-state index in [2.05, 4.69) is 0 Å². The lowest BCUT2D eigenvalue weighted by Gasteiger charge is -2.42. The fraction of sp³-hybridized carbons (Fsp3) is 0.591. The molecule has 1 aliphatic carbocycles. The number of hydrogen-bond acceptors (Lipinski definition) is 10. The Morgan fingerprint density at radius 3 is 2.31 bits per heavy atom. The number of carbonyl (C=O) groups is 1. The maximum atomic E-state index is 12.1. The van der Waals surface area contributed by atoms with Crippen LogP contribution in [-0.2, 0) is 19.0 Å². The van der Waals surface area contributed by atoms with E-state index in [-0.39, 0.29) is 18.9 Å². The van der Waals surface area contributed by atoms with Crippen molar-refractivity contribution in [1.82, 2.24) is 0 Å². The van der Waals surface area contributed by atoms with E-state index in [0.717, 1.165) is 11.6 Å². The first-order valence-corrected chi connectivity index (χ1v) is 10.5. The van der Waals surface area contributed by atoms with E-state index >= 15 is 0 Å². The number of esters is 1. The molecule has 1 heterocycles. The summed E-state index contributed by atoms with van der Waals surface area (Å²) < 4.78 is 16.1. The van der Waals surface area contributed by atoms with Crippen LogP contribution in [0.15, 0.2) is 36.4 Å². The van der Waals surface area contributed by atoms with E-state index in [4.69, 9.17) is 14.2 Å². The zero-order chi connectivity index (χ0) is 23.4. The lowest BCUT2D eigenvalue weighted by Crippen LogP contribution is -2.60. The van der Waals surface area contributed by atoms with Crippen LogP contribution in [0.4, 0.5) is 0 Å². The summed E-state index contributed by atoms with van der Waals surface area (Å²) in [7, 11) is 0. The van der Waals surface area contributed by atoms with Gasteiger partial charge in [0.25, 0.3) is 0 Å². The molecule has 2 aliphatic rings. The molecular formula is C22H30O10. The van der Waals surface area contributed by atoms with Crippen LogP contribution in [0.2, 0.25) is 0 Å². The molecule has 0 bridgehead atoms. The summed E-state index contributed by atoms with van der Waals surface area (Å²) in [5.41, 5.74) is 0.754. The summed E-state index contributed by atoms with van der Waals surface area (Å²) in [6.45, 7) is 1.37. The Hall–Kier alpha value is -1.89. The highest BCUT2D eigenvalue weighted by atomic mass is 16.7. The number of benzene rings is 1. The number of carbonyl (C=O) groups excluding carboxylic acids is 1. The fourth-order valence-electron chi connectivity index (χ4n) is 3.82. The molecule has 0 radical (unpaired) electrons. The van der Waals surface area contributed by atoms with Gasteiger partial charge in [-0.2, -0.15) is 0 Å². The van der Waals surface area contributed by atoms with Gasteiger partial charge in [0, 0.05) is 6.08 Å². The van der Waals surface area contributed by atoms with E-state index in [1.165, 1.54) is 6.08 Å². The number of hydrogen-bond donors (Lipinski definition) is 6. The van der Waals surface area contributed by atoms with Gasteiger partial charge in [-0.25, -0.2) is 4.79 Å². The molecule has 0 spiro atoms. The molecule has 1 aromatic carbocycles. The molecular weight excluding hydrogens is 424 g/mol. The lowest BCUT2D eigenvalue weighted by molar-refractivity contribution is -0.297. The average molecular weight is 454 g/mol. The normalized spacial score (nSPS) is 40.3. The van der Waals surface area contributed by atoms with Crippen molar-refractivity contribution in [2.45, 2.75) is 68.5 Å². The second-order valence-corrected chi connectivity index (χ2v) is 8.25. The standard InChI is InChI=1S/C22H30O10/c1-11-9-13(17(25)19(27)16(11)24)30-10-14-18(26)20(28)21(29)22(31-14)32-15(23)8-7-12-5-3-2-4-6-12/h2-8,11,13-14,16-22,24-29H,9-10H2,1H3/t11-,13-,14-,16+,17+,18-,19-,20+,21-,22+/m1/s1. The third kappa shape index (κ3) is 5.72. The summed E-state index contributed by atoms with van der Waals surface area (Å²) in [5, 5.41) is 60.4. The van der Waals surface area contributed by atoms with Gasteiger partial charge >= 0.3 is 5.97 Å². The average Bonchev–Trinajstić information content (AvgIpc) is 2.79. The van der Waals surface area contributed by atoms with Crippen molar-refractivity contribution in [3.63, 3.8) is 0 Å². The van der Waals surface area contributed by atoms with Crippen LogP contribution in [0.25, 0.3) is 6.08 Å². The number of ether oxygens (including phenoxy) is 3. The van der Waals surface area contributed by atoms with Crippen LogP contribution < -0.4 is 0 Å². The predicted molar refractivity (Wildman–Crippen MR) is 110 cm³/mol. The van der Waals surface area contributed by atoms with Gasteiger partial charge in [0.2, 0.25) is 6.29 Å². The summed E-state index contributed by atoms with van der Waals surface area (Å²) >= 11 is 0. The third-order valence-electron chi connectivity index (χ3n) is 5.85. The van der Waals surface area contributed by atoms with E-state index in [9.17, 15) is 35.4 Å². The van der Waals surface area contributed by atoms with E-state index in [1.807, 2.05) is 6.07 Å². The molecule has 10 nitrogen and oxygen atoms in total. The minimum Gasteiger partial charge on any atom is -0.430 e. The van der Waals surface area contributed by atoms with Gasteiger partial charge in [-0.05, 0) is 24.0 Å². The molecule has 0 aromatic heterocycles. The molecule has 1 saturated carbocycles. The molecule has 10 atom stereocenters. The van der Waals surface area contributed by atoms with Crippen LogP contribution in [0.5, 0.6) is 0 Å². The number of rotatable bonds is 6. The molecule has 3 rings (SSSR count). The molecule has 1 aliphatic heterocycles. The van der Waals surface area contributed by atoms with Crippen molar-refractivity contribution >= 4 is 12.0 Å². The first-order chi connectivity index (χ1) is 15.2. The summed E-state index contributed by atoms with van der Waals surface area (Å²) in [6, 6.07) is 8.97. The first-order valence-electron chi connectivity index (χ1n) is 10.5. The number of aliphatic hydroxyl groups is 6. The van der Waals surface area contributed by atoms with Crippen LogP contribution in [-0.4, -0.2) is 98.3 Å². The SMILES string of the molecule is C[C@@H]1C[C@@H](OC[C@H]2O[C@@H](OC(=O)C=Cc3ccccc3)[C@H](O)[C@@H](O)[C@@H]2O)[C@H](O)[C@H](O)[C@H]1O. The van der Waals surface area contributed by atoms with Gasteiger partial charge in [0.1, 0.15) is 36.6 Å². The van der Waals surface area contributed by atoms with Crippen LogP contribution in [0.3, 0.4) is 0 Å². The van der Waals surface area contributed by atoms with Gasteiger partial charge in [0.15, 0.2) is 0 Å². The summed E-state index contributed by atoms with van der Waals surface area (Å²) in [6.07, 6.45) is -9.44. The molecule has 1 saturated heterocycles. The Kier molecular flexibility index (Phi) is 8.37. The van der Waals surface area contributed by atoms with Crippen LogP contribution >= 0.6 is 0 Å². The Morgan fingerprint density at radius 2 is 1.62 bits per heavy atom. The second-order valence-electron chi connectivity index (χ2n) is 8.25. The van der Waals surface area contributed by atoms with Gasteiger partial charge < -0.3 is 44.8 Å². The minimum atomic E-state index is -1.69. The predicted octanol–water partition coefficient (Wildman–Crippen LogP) is -1.44. The fourth-order valence-corrected chi connectivity index (χ4v) is 3.82. The zero-order valence-electron chi connectivity index (χ0n) is 17.5. The first kappa shape index (κ1) is 24.7. The van der Waals surface area contributed by atoms with E-state index in [0.29, 0.717) is 0 Å². The summed E-state index contributed by atoms with van der Waals surface area (Å²) in [4.78, 5) is 12.1. The third-order valence-corrected chi connectivity index (χ3v) is 5.85. The van der Waals surface area contributed by atoms with E-state index < -0.39 is 61.1 Å². The highest BCUT2D eigenvalue weighted by Gasteiger charge is 2.47. The zero-order valence-corrected chi connectivity index (χ0v) is 17.5. The topological polar surface area (TPSA) is 166 Å². The highest BCUT2D eigenvalue weighted by Crippen LogP contribution is 2.29. The van der Waals surface area contributed by atoms with Gasteiger partial charge in [-0.1, -0.05) is 37.3 Å². The molecule has 10 heteroatoms. The Morgan fingerprint density at radius 1 is 0.969 bits per heavy atom. The smallest absolute Gasteiger partial charge is 0.333 e. The maximum absolute atomic E-state index is 12.1. The molecule has 2 fully saturated rings. The van der Waals surface area contributed by atoms with Gasteiger partial charge in [-0.3, -0.25) is 0 Å². The number of aliphatic hydroxyl groups excluding tert-OH is 6. The maximum Gasteiger partial charge on any atom is 0.333 e. The van der Waals surface area contributed by atoms with Crippen molar-refractivity contribution in [3.8, 4) is 0 Å². The largest absolute Gasteiger partial charge is 0.430 e. The van der Waals surface area contributed by atoms with Crippen molar-refractivity contribution in [2.24, 2.45) is 5.92 Å².